The molecule has 0 amide bonds. The third kappa shape index (κ3) is 29.5. The zero-order valence-corrected chi connectivity index (χ0v) is 30.5. The summed E-state index contributed by atoms with van der Waals surface area (Å²) in [6.07, 6.45) is 53.5. The van der Waals surface area contributed by atoms with Crippen molar-refractivity contribution in [2.24, 2.45) is 5.16 Å². The van der Waals surface area contributed by atoms with Crippen molar-refractivity contribution in [1.29, 1.82) is 0 Å². The highest BCUT2D eigenvalue weighted by atomic mass is 16.6. The molecular formula is C42H76N2O. The van der Waals surface area contributed by atoms with Gasteiger partial charge in [-0.05, 0) is 90.5 Å². The van der Waals surface area contributed by atoms with E-state index in [1.54, 1.807) is 0 Å². The maximum absolute atomic E-state index is 6.20. The van der Waals surface area contributed by atoms with Crippen LogP contribution in [0.4, 0.5) is 0 Å². The molecule has 3 heteroatoms. The van der Waals surface area contributed by atoms with Crippen molar-refractivity contribution in [1.82, 2.24) is 4.90 Å². The van der Waals surface area contributed by atoms with E-state index in [1.165, 1.54) is 153 Å². The molecule has 1 aliphatic rings. The first-order valence-electron chi connectivity index (χ1n) is 19.8. The minimum atomic E-state index is 0.309. The molecule has 1 fully saturated rings. The van der Waals surface area contributed by atoms with Gasteiger partial charge in [0.25, 0.3) is 0 Å². The molecular weight excluding hydrogens is 548 g/mol. The maximum atomic E-state index is 6.20. The molecule has 1 unspecified atom stereocenters. The van der Waals surface area contributed by atoms with Crippen LogP contribution in [0.15, 0.2) is 53.8 Å². The van der Waals surface area contributed by atoms with Gasteiger partial charge in [-0.25, -0.2) is 0 Å². The smallest absolute Gasteiger partial charge is 0.127 e. The van der Waals surface area contributed by atoms with Crippen molar-refractivity contribution in [3.05, 3.63) is 48.6 Å². The molecule has 1 aliphatic heterocycles. The van der Waals surface area contributed by atoms with Crippen LogP contribution in [0.2, 0.25) is 0 Å². The van der Waals surface area contributed by atoms with E-state index in [9.17, 15) is 0 Å². The minimum absolute atomic E-state index is 0.309. The Morgan fingerprint density at radius 1 is 0.533 bits per heavy atom. The Kier molecular flexibility index (Phi) is 31.1. The molecule has 1 atom stereocenters. The van der Waals surface area contributed by atoms with Crippen LogP contribution in [0.1, 0.15) is 187 Å². The fourth-order valence-corrected chi connectivity index (χ4v) is 5.90. The largest absolute Gasteiger partial charge is 0.393 e. The molecule has 0 spiro atoms. The summed E-state index contributed by atoms with van der Waals surface area (Å²) in [5.41, 5.74) is 1.27. The van der Waals surface area contributed by atoms with Crippen LogP contribution >= 0.6 is 0 Å². The van der Waals surface area contributed by atoms with Crippen molar-refractivity contribution >= 4 is 5.71 Å². The molecule has 1 rings (SSSR count). The van der Waals surface area contributed by atoms with E-state index in [-0.39, 0.29) is 0 Å². The first kappa shape index (κ1) is 41.4. The van der Waals surface area contributed by atoms with Gasteiger partial charge in [-0.15, -0.1) is 0 Å². The van der Waals surface area contributed by atoms with Gasteiger partial charge in [0.1, 0.15) is 6.10 Å². The van der Waals surface area contributed by atoms with E-state index < -0.39 is 0 Å². The molecule has 0 aliphatic carbocycles. The van der Waals surface area contributed by atoms with Crippen molar-refractivity contribution < 1.29 is 4.84 Å². The second-order valence-corrected chi connectivity index (χ2v) is 13.6. The zero-order chi connectivity index (χ0) is 32.3. The van der Waals surface area contributed by atoms with Gasteiger partial charge >= 0.3 is 0 Å². The van der Waals surface area contributed by atoms with E-state index in [0.29, 0.717) is 6.10 Å². The Bertz CT molecular complexity index is 755. The molecule has 45 heavy (non-hydrogen) atoms. The Balaban J connectivity index is 2.13. The average Bonchev–Trinajstić information content (AvgIpc) is 3.05. The Morgan fingerprint density at radius 2 is 0.933 bits per heavy atom. The van der Waals surface area contributed by atoms with Crippen LogP contribution in [-0.4, -0.2) is 36.9 Å². The second-order valence-electron chi connectivity index (χ2n) is 13.6. The predicted molar refractivity (Wildman–Crippen MR) is 202 cm³/mol. The number of hydrogen-bond donors (Lipinski definition) is 0. The second kappa shape index (κ2) is 33.7. The van der Waals surface area contributed by atoms with Gasteiger partial charge < -0.3 is 9.74 Å². The third-order valence-electron chi connectivity index (χ3n) is 9.10. The topological polar surface area (TPSA) is 24.8 Å². The van der Waals surface area contributed by atoms with Crippen LogP contribution < -0.4 is 0 Å². The monoisotopic (exact) mass is 625 g/mol. The number of allylic oxidation sites excluding steroid dienone is 8. The summed E-state index contributed by atoms with van der Waals surface area (Å²) in [6, 6.07) is 0. The van der Waals surface area contributed by atoms with Gasteiger partial charge in [0.15, 0.2) is 0 Å². The van der Waals surface area contributed by atoms with Crippen molar-refractivity contribution in [3.8, 4) is 0 Å². The molecule has 1 saturated heterocycles. The minimum Gasteiger partial charge on any atom is -0.393 e. The molecule has 0 aromatic rings. The third-order valence-corrected chi connectivity index (χ3v) is 9.10. The van der Waals surface area contributed by atoms with E-state index in [0.717, 1.165) is 38.8 Å². The fraction of sp³-hybridized carbons (Fsp3) is 0.786. The van der Waals surface area contributed by atoms with Crippen LogP contribution in [-0.2, 0) is 4.84 Å². The van der Waals surface area contributed by atoms with Gasteiger partial charge in [0.05, 0.1) is 5.71 Å². The van der Waals surface area contributed by atoms with Crippen LogP contribution in [0.25, 0.3) is 0 Å². The molecule has 0 saturated carbocycles. The first-order chi connectivity index (χ1) is 22.3. The van der Waals surface area contributed by atoms with Gasteiger partial charge in [-0.3, -0.25) is 0 Å². The molecule has 0 aromatic carbocycles. The Hall–Kier alpha value is -1.61. The number of likely N-dealkylation sites (tertiary alicyclic amines) is 1. The molecule has 260 valence electrons. The highest BCUT2D eigenvalue weighted by Gasteiger charge is 2.14. The van der Waals surface area contributed by atoms with Gasteiger partial charge in [-0.2, -0.15) is 0 Å². The number of rotatable bonds is 31. The molecule has 1 heterocycles. The van der Waals surface area contributed by atoms with Gasteiger partial charge in [0.2, 0.25) is 0 Å². The van der Waals surface area contributed by atoms with Gasteiger partial charge in [0, 0.05) is 25.9 Å². The summed E-state index contributed by atoms with van der Waals surface area (Å²) < 4.78 is 0. The summed E-state index contributed by atoms with van der Waals surface area (Å²) in [4.78, 5) is 8.60. The number of nitrogens with zero attached hydrogens (tertiary/aromatic N) is 2. The van der Waals surface area contributed by atoms with Crippen LogP contribution in [0, 0.1) is 0 Å². The number of piperidine rings is 1. The van der Waals surface area contributed by atoms with Crippen molar-refractivity contribution in [2.45, 2.75) is 193 Å². The average molecular weight is 625 g/mol. The van der Waals surface area contributed by atoms with E-state index in [4.69, 9.17) is 4.84 Å². The maximum Gasteiger partial charge on any atom is 0.127 e. The number of hydrogen-bond acceptors (Lipinski definition) is 3. The summed E-state index contributed by atoms with van der Waals surface area (Å²) in [5.74, 6) is 0. The SMILES string of the molecule is CCCC/C=C\C/C=C\CCCCCCCCC(CCCCCCCC/C=C\C/C=C\CCCCC)ON=C1CCN(C)CC1. The molecule has 0 N–H and O–H groups in total. The van der Waals surface area contributed by atoms with E-state index in [2.05, 4.69) is 79.6 Å². The van der Waals surface area contributed by atoms with Crippen LogP contribution in [0.3, 0.4) is 0 Å². The lowest BCUT2D eigenvalue weighted by atomic mass is 10.0. The van der Waals surface area contributed by atoms with E-state index >= 15 is 0 Å². The quantitative estimate of drug-likeness (QED) is 0.0435. The molecule has 0 radical (unpaired) electrons. The Morgan fingerprint density at radius 3 is 1.40 bits per heavy atom. The Labute approximate surface area is 282 Å². The van der Waals surface area contributed by atoms with Crippen molar-refractivity contribution in [2.75, 3.05) is 20.1 Å². The predicted octanol–water partition coefficient (Wildman–Crippen LogP) is 13.5. The lowest BCUT2D eigenvalue weighted by Gasteiger charge is -2.23. The molecule has 0 bridgehead atoms. The standard InChI is InChI=1S/C42H76N2O/c1-4-6-8-10-12-14-16-18-20-22-24-26-28-30-32-34-36-42(45-43-41-37-39-44(3)40-38-41)35-33-31-29-27-25-23-21-19-17-15-13-11-9-7-5-2/h11-14,17-20,42H,4-10,15-16,21-40H2,1-3H3/b13-11-,14-12-,19-17-,20-18-. The number of unbranched alkanes of at least 4 members (excludes halogenated alkanes) is 17. The highest BCUT2D eigenvalue weighted by molar-refractivity contribution is 5.84. The first-order valence-corrected chi connectivity index (χ1v) is 19.8. The molecule has 3 nitrogen and oxygen atoms in total. The summed E-state index contributed by atoms with van der Waals surface area (Å²) in [6.45, 7) is 6.76. The summed E-state index contributed by atoms with van der Waals surface area (Å²) >= 11 is 0. The summed E-state index contributed by atoms with van der Waals surface area (Å²) in [7, 11) is 2.21. The highest BCUT2D eigenvalue weighted by Crippen LogP contribution is 2.18. The van der Waals surface area contributed by atoms with Crippen LogP contribution in [0.5, 0.6) is 0 Å². The molecule has 0 aromatic heterocycles. The number of oxime groups is 1. The fourth-order valence-electron chi connectivity index (χ4n) is 5.90. The zero-order valence-electron chi connectivity index (χ0n) is 30.5. The normalized spacial score (nSPS) is 15.4. The van der Waals surface area contributed by atoms with Crippen molar-refractivity contribution in [3.63, 3.8) is 0 Å². The summed E-state index contributed by atoms with van der Waals surface area (Å²) in [5, 5.41) is 4.67. The van der Waals surface area contributed by atoms with Gasteiger partial charge in [-0.1, -0.05) is 145 Å². The lowest BCUT2D eigenvalue weighted by molar-refractivity contribution is 0.0416. The lowest BCUT2D eigenvalue weighted by Crippen LogP contribution is -2.30. The van der Waals surface area contributed by atoms with E-state index in [1.807, 2.05) is 0 Å².